The van der Waals surface area contributed by atoms with E-state index < -0.39 is 28.7 Å². The molecule has 0 radical (unpaired) electrons. The summed E-state index contributed by atoms with van der Waals surface area (Å²) in [5, 5.41) is -0.428. The first kappa shape index (κ1) is 24.0. The molecule has 0 fully saturated rings. The van der Waals surface area contributed by atoms with Crippen LogP contribution in [0.5, 0.6) is 0 Å². The van der Waals surface area contributed by atoms with Crippen molar-refractivity contribution >= 4 is 87.7 Å². The van der Waals surface area contributed by atoms with Gasteiger partial charge in [0.25, 0.3) is 0 Å². The average Bonchev–Trinajstić information content (AvgIpc) is 2.54. The van der Waals surface area contributed by atoms with E-state index in [0.717, 1.165) is 0 Å². The Morgan fingerprint density at radius 2 is 1.35 bits per heavy atom. The van der Waals surface area contributed by atoms with E-state index in [1.54, 1.807) is 0 Å². The van der Waals surface area contributed by atoms with Crippen molar-refractivity contribution in [3.05, 3.63) is 0 Å². The van der Waals surface area contributed by atoms with Gasteiger partial charge in [-0.05, 0) is 17.3 Å². The Morgan fingerprint density at radius 1 is 0.870 bits per heavy atom. The maximum Gasteiger partial charge on any atom is 0.307 e. The largest absolute Gasteiger partial charge is 0.462 e. The first-order chi connectivity index (χ1) is 10.9. The van der Waals surface area contributed by atoms with E-state index in [1.807, 2.05) is 0 Å². The molecule has 0 aliphatic heterocycles. The van der Waals surface area contributed by atoms with Crippen molar-refractivity contribution in [2.45, 2.75) is 24.2 Å². The lowest BCUT2D eigenvalue weighted by molar-refractivity contribution is -0.159. The van der Waals surface area contributed by atoms with Gasteiger partial charge in [-0.3, -0.25) is 9.59 Å². The SMILES string of the molecule is O=C(CCS)OCC(OC(=O)CCS)C(S)C(CS)(CS)CS. The maximum atomic E-state index is 11.8. The van der Waals surface area contributed by atoms with Crippen LogP contribution in [0.3, 0.4) is 0 Å². The minimum absolute atomic E-state index is 0.0732. The highest BCUT2D eigenvalue weighted by molar-refractivity contribution is 7.83. The fraction of sp³-hybridized carbons (Fsp3) is 0.846. The third-order valence-electron chi connectivity index (χ3n) is 3.25. The molecule has 2 unspecified atom stereocenters. The minimum atomic E-state index is -0.707. The van der Waals surface area contributed by atoms with Crippen LogP contribution in [0.1, 0.15) is 12.8 Å². The molecule has 0 amide bonds. The van der Waals surface area contributed by atoms with Gasteiger partial charge in [-0.1, -0.05) is 0 Å². The molecular formula is C13H24O4S6. The molecule has 0 spiro atoms. The first-order valence-corrected chi connectivity index (χ1v) is 10.7. The summed E-state index contributed by atoms with van der Waals surface area (Å²) in [5.41, 5.74) is -0.472. The Hall–Kier alpha value is 1.04. The van der Waals surface area contributed by atoms with E-state index >= 15 is 0 Å². The number of hydrogen-bond donors (Lipinski definition) is 6. The van der Waals surface area contributed by atoms with Crippen molar-refractivity contribution < 1.29 is 19.1 Å². The highest BCUT2D eigenvalue weighted by Gasteiger charge is 2.40. The second-order valence-corrected chi connectivity index (χ2v) is 7.34. The first-order valence-electron chi connectivity index (χ1n) is 6.98. The van der Waals surface area contributed by atoms with E-state index in [9.17, 15) is 9.59 Å². The average molecular weight is 437 g/mol. The van der Waals surface area contributed by atoms with Crippen LogP contribution in [0.15, 0.2) is 0 Å². The number of thiol groups is 6. The number of rotatable bonds is 12. The molecule has 0 aliphatic carbocycles. The number of hydrogen-bond acceptors (Lipinski definition) is 10. The van der Waals surface area contributed by atoms with Gasteiger partial charge in [-0.15, -0.1) is 0 Å². The molecule has 0 aromatic heterocycles. The molecule has 2 atom stereocenters. The molecule has 0 bridgehead atoms. The maximum absolute atomic E-state index is 11.8. The molecule has 0 heterocycles. The van der Waals surface area contributed by atoms with Gasteiger partial charge < -0.3 is 9.47 Å². The highest BCUT2D eigenvalue weighted by Crippen LogP contribution is 2.34. The molecule has 23 heavy (non-hydrogen) atoms. The number of carbonyl (C=O) groups excluding carboxylic acids is 2. The molecule has 0 saturated heterocycles. The fourth-order valence-electron chi connectivity index (χ4n) is 1.67. The number of carbonyl (C=O) groups is 2. The van der Waals surface area contributed by atoms with Crippen molar-refractivity contribution in [2.24, 2.45) is 5.41 Å². The summed E-state index contributed by atoms with van der Waals surface area (Å²) in [6.07, 6.45) is -0.351. The lowest BCUT2D eigenvalue weighted by Crippen LogP contribution is -2.48. The lowest BCUT2D eigenvalue weighted by atomic mass is 9.87. The van der Waals surface area contributed by atoms with Crippen molar-refractivity contribution in [3.8, 4) is 0 Å². The van der Waals surface area contributed by atoms with Crippen molar-refractivity contribution in [1.82, 2.24) is 0 Å². The van der Waals surface area contributed by atoms with Gasteiger partial charge in [0.2, 0.25) is 0 Å². The smallest absolute Gasteiger partial charge is 0.307 e. The summed E-state index contributed by atoms with van der Waals surface area (Å²) in [6.45, 7) is -0.0732. The molecule has 0 aromatic rings. The Labute approximate surface area is 171 Å². The zero-order valence-corrected chi connectivity index (χ0v) is 18.0. The number of ether oxygens (including phenoxy) is 2. The van der Waals surface area contributed by atoms with Crippen LogP contribution < -0.4 is 0 Å². The summed E-state index contributed by atoms with van der Waals surface area (Å²) in [4.78, 5) is 23.4. The van der Waals surface area contributed by atoms with Crippen LogP contribution in [0.2, 0.25) is 0 Å². The second kappa shape index (κ2) is 13.3. The minimum Gasteiger partial charge on any atom is -0.462 e. The van der Waals surface area contributed by atoms with Crippen LogP contribution in [0, 0.1) is 5.41 Å². The molecule has 0 N–H and O–H groups in total. The van der Waals surface area contributed by atoms with Crippen molar-refractivity contribution in [2.75, 3.05) is 35.4 Å². The van der Waals surface area contributed by atoms with Crippen molar-refractivity contribution in [3.63, 3.8) is 0 Å². The normalized spacial score (nSPS) is 14.2. The van der Waals surface area contributed by atoms with Gasteiger partial charge in [-0.2, -0.15) is 75.8 Å². The quantitative estimate of drug-likeness (QED) is 0.210. The predicted octanol–water partition coefficient (Wildman–Crippen LogP) is 2.16. The molecule has 10 heteroatoms. The Morgan fingerprint density at radius 3 is 1.78 bits per heavy atom. The lowest BCUT2D eigenvalue weighted by Gasteiger charge is -2.38. The Bertz CT molecular complexity index is 356. The molecule has 136 valence electrons. The molecule has 4 nitrogen and oxygen atoms in total. The van der Waals surface area contributed by atoms with Crippen LogP contribution in [-0.4, -0.2) is 58.7 Å². The molecule has 0 aliphatic rings. The Kier molecular flexibility index (Phi) is 13.9. The van der Waals surface area contributed by atoms with E-state index in [-0.39, 0.29) is 19.4 Å². The summed E-state index contributed by atoms with van der Waals surface area (Å²) in [6, 6.07) is 0. The van der Waals surface area contributed by atoms with Crippen LogP contribution in [0.25, 0.3) is 0 Å². The Balaban J connectivity index is 5.07. The summed E-state index contributed by atoms with van der Waals surface area (Å²) < 4.78 is 10.6. The van der Waals surface area contributed by atoms with Crippen LogP contribution in [-0.2, 0) is 19.1 Å². The fourth-order valence-corrected chi connectivity index (χ4v) is 4.68. The number of esters is 2. The van der Waals surface area contributed by atoms with Gasteiger partial charge in [0.15, 0.2) is 0 Å². The van der Waals surface area contributed by atoms with E-state index in [2.05, 4.69) is 75.8 Å². The zero-order valence-electron chi connectivity index (χ0n) is 12.6. The van der Waals surface area contributed by atoms with Gasteiger partial charge in [0, 0.05) is 16.9 Å². The molecular weight excluding hydrogens is 413 g/mol. The van der Waals surface area contributed by atoms with E-state index in [0.29, 0.717) is 28.8 Å². The summed E-state index contributed by atoms with van der Waals surface area (Å²) in [5.74, 6) is 1.32. The van der Waals surface area contributed by atoms with Gasteiger partial charge in [-0.25, -0.2) is 0 Å². The topological polar surface area (TPSA) is 52.6 Å². The van der Waals surface area contributed by atoms with E-state index in [1.165, 1.54) is 0 Å². The highest BCUT2D eigenvalue weighted by atomic mass is 32.1. The molecule has 0 aromatic carbocycles. The van der Waals surface area contributed by atoms with Crippen LogP contribution >= 0.6 is 75.8 Å². The van der Waals surface area contributed by atoms with Crippen molar-refractivity contribution in [1.29, 1.82) is 0 Å². The van der Waals surface area contributed by atoms with Gasteiger partial charge in [0.1, 0.15) is 12.7 Å². The zero-order chi connectivity index (χ0) is 17.9. The third kappa shape index (κ3) is 8.31. The predicted molar refractivity (Wildman–Crippen MR) is 115 cm³/mol. The van der Waals surface area contributed by atoms with E-state index in [4.69, 9.17) is 9.47 Å². The summed E-state index contributed by atoms with van der Waals surface area (Å²) in [7, 11) is 0. The monoisotopic (exact) mass is 436 g/mol. The molecule has 0 saturated carbocycles. The standard InChI is InChI=1S/C13H24O4S6/c14-10(1-3-18)16-5-9(17-11(15)2-4-19)12(23)13(6-20,7-21)8-22/h9,12,18-23H,1-8H2. The van der Waals surface area contributed by atoms with Gasteiger partial charge in [0.05, 0.1) is 18.1 Å². The third-order valence-corrected chi connectivity index (χ3v) is 6.46. The summed E-state index contributed by atoms with van der Waals surface area (Å²) >= 11 is 25.6. The van der Waals surface area contributed by atoms with Crippen LogP contribution in [0.4, 0.5) is 0 Å². The van der Waals surface area contributed by atoms with Gasteiger partial charge >= 0.3 is 11.9 Å². The second-order valence-electron chi connectivity index (χ2n) is 4.94. The molecule has 0 rings (SSSR count).